The maximum absolute atomic E-state index is 11.6. The predicted octanol–water partition coefficient (Wildman–Crippen LogP) is 0.176. The molecule has 21 heavy (non-hydrogen) atoms. The number of nitrogens with two attached hydrogens (primary N) is 1. The second kappa shape index (κ2) is 6.19. The third-order valence-electron chi connectivity index (χ3n) is 3.45. The molecule has 1 heterocycles. The Morgan fingerprint density at radius 1 is 1.52 bits per heavy atom. The lowest BCUT2D eigenvalue weighted by Gasteiger charge is -2.31. The van der Waals surface area contributed by atoms with Gasteiger partial charge in [0, 0.05) is 6.54 Å². The van der Waals surface area contributed by atoms with Gasteiger partial charge in [-0.3, -0.25) is 19.8 Å². The number of piperazine rings is 1. The van der Waals surface area contributed by atoms with E-state index in [1.807, 2.05) is 12.1 Å². The third kappa shape index (κ3) is 3.37. The fourth-order valence-electron chi connectivity index (χ4n) is 2.24. The van der Waals surface area contributed by atoms with Gasteiger partial charge in [-0.1, -0.05) is 18.3 Å². The predicted molar refractivity (Wildman–Crippen MR) is 81.9 cm³/mol. The van der Waals surface area contributed by atoms with Crippen molar-refractivity contribution in [3.63, 3.8) is 0 Å². The van der Waals surface area contributed by atoms with Crippen LogP contribution in [0.15, 0.2) is 18.2 Å². The highest BCUT2D eigenvalue weighted by Crippen LogP contribution is 2.21. The van der Waals surface area contributed by atoms with Crippen LogP contribution in [0.3, 0.4) is 0 Å². The number of imide groups is 1. The van der Waals surface area contributed by atoms with E-state index < -0.39 is 0 Å². The van der Waals surface area contributed by atoms with Crippen LogP contribution in [-0.4, -0.2) is 41.4 Å². The Morgan fingerprint density at radius 2 is 2.24 bits per heavy atom. The summed E-state index contributed by atoms with van der Waals surface area (Å²) in [6, 6.07) is 5.10. The first-order valence-electron chi connectivity index (χ1n) is 6.47. The topological polar surface area (TPSA) is 84.7 Å². The molecule has 2 rings (SSSR count). The SMILES string of the molecule is COc1ccc(CN2CC(=O)NC(=O)C2C)cc1C(N)=S. The van der Waals surface area contributed by atoms with E-state index in [-0.39, 0.29) is 29.4 Å². The minimum Gasteiger partial charge on any atom is -0.496 e. The van der Waals surface area contributed by atoms with Gasteiger partial charge in [-0.15, -0.1) is 0 Å². The molecule has 1 aliphatic rings. The number of carbonyl (C=O) groups is 2. The van der Waals surface area contributed by atoms with Crippen molar-refractivity contribution in [1.82, 2.24) is 10.2 Å². The molecule has 0 saturated carbocycles. The van der Waals surface area contributed by atoms with Crippen LogP contribution in [0.5, 0.6) is 5.75 Å². The average Bonchev–Trinajstić information content (AvgIpc) is 2.44. The van der Waals surface area contributed by atoms with Gasteiger partial charge in [-0.05, 0) is 24.6 Å². The van der Waals surface area contributed by atoms with Crippen LogP contribution in [0.2, 0.25) is 0 Å². The fraction of sp³-hybridized carbons (Fsp3) is 0.357. The summed E-state index contributed by atoms with van der Waals surface area (Å²) in [5.74, 6) is 0.0299. The molecular weight excluding hydrogens is 290 g/mol. The van der Waals surface area contributed by atoms with Gasteiger partial charge in [-0.25, -0.2) is 0 Å². The first-order valence-corrected chi connectivity index (χ1v) is 6.87. The molecule has 1 aliphatic heterocycles. The Morgan fingerprint density at radius 3 is 2.86 bits per heavy atom. The first-order chi connectivity index (χ1) is 9.92. The number of ether oxygens (including phenoxy) is 1. The molecule has 2 amide bonds. The summed E-state index contributed by atoms with van der Waals surface area (Å²) in [6.07, 6.45) is 0. The molecule has 7 heteroatoms. The van der Waals surface area contributed by atoms with Crippen molar-refractivity contribution in [1.29, 1.82) is 0 Å². The molecule has 0 spiro atoms. The smallest absolute Gasteiger partial charge is 0.243 e. The van der Waals surface area contributed by atoms with Crippen molar-refractivity contribution in [3.05, 3.63) is 29.3 Å². The Labute approximate surface area is 128 Å². The number of methoxy groups -OCH3 is 1. The van der Waals surface area contributed by atoms with E-state index in [1.165, 1.54) is 0 Å². The molecule has 0 bridgehead atoms. The quantitative estimate of drug-likeness (QED) is 0.609. The molecule has 1 unspecified atom stereocenters. The van der Waals surface area contributed by atoms with Crippen LogP contribution in [0.4, 0.5) is 0 Å². The lowest BCUT2D eigenvalue weighted by molar-refractivity contribution is -0.139. The summed E-state index contributed by atoms with van der Waals surface area (Å²) in [6.45, 7) is 2.40. The van der Waals surface area contributed by atoms with E-state index in [1.54, 1.807) is 25.0 Å². The van der Waals surface area contributed by atoms with Crippen LogP contribution < -0.4 is 15.8 Å². The molecule has 3 N–H and O–H groups in total. The highest BCUT2D eigenvalue weighted by atomic mass is 32.1. The molecule has 1 aromatic carbocycles. The number of thiocarbonyl (C=S) groups is 1. The van der Waals surface area contributed by atoms with Gasteiger partial charge in [0.25, 0.3) is 0 Å². The standard InChI is InChI=1S/C14H17N3O3S/c1-8-14(19)16-12(18)7-17(8)6-9-3-4-11(20-2)10(5-9)13(15)21/h3-5,8H,6-7H2,1-2H3,(H2,15,21)(H,16,18,19). The number of rotatable bonds is 4. The van der Waals surface area contributed by atoms with Gasteiger partial charge >= 0.3 is 0 Å². The van der Waals surface area contributed by atoms with Gasteiger partial charge in [-0.2, -0.15) is 0 Å². The van der Waals surface area contributed by atoms with Gasteiger partial charge in [0.2, 0.25) is 11.8 Å². The number of nitrogens with one attached hydrogen (secondary N) is 1. The summed E-state index contributed by atoms with van der Waals surface area (Å²) >= 11 is 5.01. The number of nitrogens with zero attached hydrogens (tertiary/aromatic N) is 1. The van der Waals surface area contributed by atoms with Crippen LogP contribution in [0.1, 0.15) is 18.1 Å². The number of hydrogen-bond acceptors (Lipinski definition) is 5. The van der Waals surface area contributed by atoms with E-state index in [2.05, 4.69) is 5.32 Å². The second-order valence-electron chi connectivity index (χ2n) is 4.89. The summed E-state index contributed by atoms with van der Waals surface area (Å²) in [7, 11) is 1.55. The zero-order valence-electron chi connectivity index (χ0n) is 11.9. The van der Waals surface area contributed by atoms with E-state index in [9.17, 15) is 9.59 Å². The molecule has 0 radical (unpaired) electrons. The molecule has 1 saturated heterocycles. The van der Waals surface area contributed by atoms with Gasteiger partial charge in [0.1, 0.15) is 10.7 Å². The van der Waals surface area contributed by atoms with Gasteiger partial charge in [0.05, 0.1) is 25.3 Å². The van der Waals surface area contributed by atoms with Gasteiger partial charge < -0.3 is 10.5 Å². The number of benzene rings is 1. The Bertz CT molecular complexity index is 603. The van der Waals surface area contributed by atoms with Crippen molar-refractivity contribution in [2.45, 2.75) is 19.5 Å². The lowest BCUT2D eigenvalue weighted by Crippen LogP contribution is -2.56. The zero-order chi connectivity index (χ0) is 15.6. The van der Waals surface area contributed by atoms with Crippen molar-refractivity contribution < 1.29 is 14.3 Å². The molecule has 112 valence electrons. The Kier molecular flexibility index (Phi) is 4.54. The van der Waals surface area contributed by atoms with Crippen molar-refractivity contribution in [2.24, 2.45) is 5.73 Å². The summed E-state index contributed by atoms with van der Waals surface area (Å²) in [5, 5.41) is 2.31. The summed E-state index contributed by atoms with van der Waals surface area (Å²) in [5.41, 5.74) is 7.24. The molecule has 1 atom stereocenters. The van der Waals surface area contributed by atoms with Crippen molar-refractivity contribution in [3.8, 4) is 5.75 Å². The molecule has 0 aliphatic carbocycles. The Hall–Kier alpha value is -1.99. The van der Waals surface area contributed by atoms with Crippen molar-refractivity contribution in [2.75, 3.05) is 13.7 Å². The number of carbonyl (C=O) groups excluding carboxylic acids is 2. The van der Waals surface area contributed by atoms with Crippen LogP contribution >= 0.6 is 12.2 Å². The molecular formula is C14H17N3O3S. The highest BCUT2D eigenvalue weighted by Gasteiger charge is 2.30. The lowest BCUT2D eigenvalue weighted by atomic mass is 10.1. The fourth-order valence-corrected chi connectivity index (χ4v) is 2.40. The summed E-state index contributed by atoms with van der Waals surface area (Å²) < 4.78 is 5.21. The maximum Gasteiger partial charge on any atom is 0.243 e. The van der Waals surface area contributed by atoms with Crippen LogP contribution in [0, 0.1) is 0 Å². The zero-order valence-corrected chi connectivity index (χ0v) is 12.7. The first kappa shape index (κ1) is 15.4. The third-order valence-corrected chi connectivity index (χ3v) is 3.67. The van der Waals surface area contributed by atoms with E-state index >= 15 is 0 Å². The van der Waals surface area contributed by atoms with Crippen molar-refractivity contribution >= 4 is 29.0 Å². The molecule has 6 nitrogen and oxygen atoms in total. The second-order valence-corrected chi connectivity index (χ2v) is 5.33. The number of amides is 2. The number of hydrogen-bond donors (Lipinski definition) is 2. The Balaban J connectivity index is 2.23. The maximum atomic E-state index is 11.6. The van der Waals surface area contributed by atoms with E-state index in [0.717, 1.165) is 5.56 Å². The average molecular weight is 307 g/mol. The minimum absolute atomic E-state index is 0.182. The van der Waals surface area contributed by atoms with Crippen LogP contribution in [0.25, 0.3) is 0 Å². The monoisotopic (exact) mass is 307 g/mol. The molecule has 1 aromatic rings. The minimum atomic E-state index is -0.363. The van der Waals surface area contributed by atoms with Gasteiger partial charge in [0.15, 0.2) is 0 Å². The normalized spacial score (nSPS) is 19.2. The summed E-state index contributed by atoms with van der Waals surface area (Å²) in [4.78, 5) is 25.1. The van der Waals surface area contributed by atoms with E-state index in [4.69, 9.17) is 22.7 Å². The largest absolute Gasteiger partial charge is 0.496 e. The van der Waals surface area contributed by atoms with E-state index in [0.29, 0.717) is 17.9 Å². The molecule has 0 aromatic heterocycles. The van der Waals surface area contributed by atoms with Crippen LogP contribution in [-0.2, 0) is 16.1 Å². The highest BCUT2D eigenvalue weighted by molar-refractivity contribution is 7.80. The molecule has 1 fully saturated rings.